The molecule has 0 saturated carbocycles. The Morgan fingerprint density at radius 3 is 2.56 bits per heavy atom. The minimum Gasteiger partial charge on any atom is -0.344 e. The summed E-state index contributed by atoms with van der Waals surface area (Å²) < 4.78 is 0. The van der Waals surface area contributed by atoms with Gasteiger partial charge in [0.05, 0.1) is 6.04 Å². The summed E-state index contributed by atoms with van der Waals surface area (Å²) in [4.78, 5) is 22.1. The number of hydrogen-bond acceptors (Lipinski definition) is 5. The third kappa shape index (κ3) is 4.42. The Morgan fingerprint density at radius 1 is 1.08 bits per heavy atom. The molecule has 2 aromatic heterocycles. The Bertz CT molecular complexity index is 818. The number of amides is 1. The van der Waals surface area contributed by atoms with Gasteiger partial charge < -0.3 is 10.6 Å². The van der Waals surface area contributed by atoms with Crippen molar-refractivity contribution in [2.45, 2.75) is 19.9 Å². The van der Waals surface area contributed by atoms with Crippen molar-refractivity contribution in [3.05, 3.63) is 70.7 Å². The molecule has 0 fully saturated rings. The van der Waals surface area contributed by atoms with Gasteiger partial charge in [0.2, 0.25) is 5.95 Å². The SMILES string of the molecule is CC(C)C(NC(=O)c1cccc(Nc2ncccn2)c1)c1cccs1. The van der Waals surface area contributed by atoms with Crippen molar-refractivity contribution in [3.8, 4) is 0 Å². The lowest BCUT2D eigenvalue weighted by atomic mass is 10.0. The Morgan fingerprint density at radius 2 is 1.88 bits per heavy atom. The second kappa shape index (κ2) is 7.90. The summed E-state index contributed by atoms with van der Waals surface area (Å²) in [5, 5.41) is 8.27. The summed E-state index contributed by atoms with van der Waals surface area (Å²) in [6.45, 7) is 4.21. The van der Waals surface area contributed by atoms with Crippen LogP contribution in [-0.4, -0.2) is 15.9 Å². The van der Waals surface area contributed by atoms with Crippen LogP contribution in [0.5, 0.6) is 0 Å². The van der Waals surface area contributed by atoms with Crippen molar-refractivity contribution < 1.29 is 4.79 Å². The second-order valence-corrected chi connectivity index (χ2v) is 6.97. The standard InChI is InChI=1S/C19H20N4OS/c1-13(2)17(16-8-4-11-25-16)23-18(24)14-6-3-7-15(12-14)22-19-20-9-5-10-21-19/h3-13,17H,1-2H3,(H,23,24)(H,20,21,22). The maximum atomic E-state index is 12.7. The molecular formula is C19H20N4OS. The Hall–Kier alpha value is -2.73. The molecule has 2 N–H and O–H groups in total. The maximum absolute atomic E-state index is 12.7. The normalized spacial score (nSPS) is 12.0. The van der Waals surface area contributed by atoms with Gasteiger partial charge in [0, 0.05) is 28.5 Å². The lowest BCUT2D eigenvalue weighted by molar-refractivity contribution is 0.0926. The first kappa shape index (κ1) is 17.1. The molecule has 128 valence electrons. The number of carbonyl (C=O) groups excluding carboxylic acids is 1. The quantitative estimate of drug-likeness (QED) is 0.690. The van der Waals surface area contributed by atoms with Gasteiger partial charge >= 0.3 is 0 Å². The van der Waals surface area contributed by atoms with E-state index >= 15 is 0 Å². The number of carbonyl (C=O) groups is 1. The van der Waals surface area contributed by atoms with E-state index < -0.39 is 0 Å². The fourth-order valence-electron chi connectivity index (χ4n) is 2.49. The van der Waals surface area contributed by atoms with E-state index in [2.05, 4.69) is 40.5 Å². The van der Waals surface area contributed by atoms with Gasteiger partial charge in [-0.1, -0.05) is 26.0 Å². The number of hydrogen-bond donors (Lipinski definition) is 2. The highest BCUT2D eigenvalue weighted by Crippen LogP contribution is 2.26. The van der Waals surface area contributed by atoms with Crippen molar-refractivity contribution in [3.63, 3.8) is 0 Å². The molecule has 25 heavy (non-hydrogen) atoms. The van der Waals surface area contributed by atoms with Crippen molar-refractivity contribution >= 4 is 28.9 Å². The molecule has 3 rings (SSSR count). The van der Waals surface area contributed by atoms with Crippen LogP contribution in [0, 0.1) is 5.92 Å². The van der Waals surface area contributed by atoms with E-state index in [1.165, 1.54) is 0 Å². The fourth-order valence-corrected chi connectivity index (χ4v) is 3.44. The molecular weight excluding hydrogens is 332 g/mol. The zero-order valence-electron chi connectivity index (χ0n) is 14.1. The molecule has 2 heterocycles. The first-order valence-electron chi connectivity index (χ1n) is 8.12. The highest BCUT2D eigenvalue weighted by atomic mass is 32.1. The summed E-state index contributed by atoms with van der Waals surface area (Å²) in [5.41, 5.74) is 1.37. The predicted molar refractivity (Wildman–Crippen MR) is 101 cm³/mol. The van der Waals surface area contributed by atoms with Gasteiger partial charge in [-0.3, -0.25) is 4.79 Å². The summed E-state index contributed by atoms with van der Waals surface area (Å²) >= 11 is 1.66. The number of nitrogens with one attached hydrogen (secondary N) is 2. The highest BCUT2D eigenvalue weighted by Gasteiger charge is 2.20. The van der Waals surface area contributed by atoms with Crippen LogP contribution in [0.15, 0.2) is 60.2 Å². The van der Waals surface area contributed by atoms with E-state index in [0.29, 0.717) is 17.4 Å². The van der Waals surface area contributed by atoms with Crippen LogP contribution in [0.25, 0.3) is 0 Å². The number of benzene rings is 1. The average Bonchev–Trinajstić information content (AvgIpc) is 3.14. The van der Waals surface area contributed by atoms with Crippen molar-refractivity contribution in [2.24, 2.45) is 5.92 Å². The van der Waals surface area contributed by atoms with Crippen LogP contribution in [0.4, 0.5) is 11.6 Å². The summed E-state index contributed by atoms with van der Waals surface area (Å²) in [7, 11) is 0. The predicted octanol–water partition coefficient (Wildman–Crippen LogP) is 4.41. The van der Waals surface area contributed by atoms with Crippen LogP contribution < -0.4 is 10.6 Å². The molecule has 1 amide bonds. The van der Waals surface area contributed by atoms with E-state index in [-0.39, 0.29) is 11.9 Å². The molecule has 1 atom stereocenters. The number of anilines is 2. The van der Waals surface area contributed by atoms with Gasteiger partial charge in [-0.2, -0.15) is 0 Å². The van der Waals surface area contributed by atoms with Gasteiger partial charge in [0.25, 0.3) is 5.91 Å². The molecule has 0 spiro atoms. The van der Waals surface area contributed by atoms with Gasteiger partial charge in [-0.25, -0.2) is 9.97 Å². The number of rotatable bonds is 6. The summed E-state index contributed by atoms with van der Waals surface area (Å²) in [6, 6.07) is 13.1. The molecule has 1 aromatic carbocycles. The molecule has 0 saturated heterocycles. The Balaban J connectivity index is 1.74. The van der Waals surface area contributed by atoms with E-state index in [0.717, 1.165) is 10.6 Å². The molecule has 0 aliphatic carbocycles. The third-order valence-electron chi connectivity index (χ3n) is 3.75. The van der Waals surface area contributed by atoms with Crippen LogP contribution in [0.1, 0.15) is 35.1 Å². The van der Waals surface area contributed by atoms with E-state index in [9.17, 15) is 4.79 Å². The molecule has 0 aliphatic heterocycles. The van der Waals surface area contributed by atoms with Gasteiger partial charge in [0.1, 0.15) is 0 Å². The van der Waals surface area contributed by atoms with Crippen LogP contribution in [0.2, 0.25) is 0 Å². The van der Waals surface area contributed by atoms with E-state index in [4.69, 9.17) is 0 Å². The lowest BCUT2D eigenvalue weighted by Crippen LogP contribution is -2.31. The highest BCUT2D eigenvalue weighted by molar-refractivity contribution is 7.10. The smallest absolute Gasteiger partial charge is 0.251 e. The van der Waals surface area contributed by atoms with Gasteiger partial charge in [-0.05, 0) is 41.6 Å². The molecule has 6 heteroatoms. The van der Waals surface area contributed by atoms with Gasteiger partial charge in [0.15, 0.2) is 0 Å². The minimum atomic E-state index is -0.0928. The molecule has 0 aliphatic rings. The second-order valence-electron chi connectivity index (χ2n) is 5.99. The summed E-state index contributed by atoms with van der Waals surface area (Å²) in [5.74, 6) is 0.713. The van der Waals surface area contributed by atoms with Crippen LogP contribution in [0.3, 0.4) is 0 Å². The van der Waals surface area contributed by atoms with Crippen molar-refractivity contribution in [2.75, 3.05) is 5.32 Å². The Kier molecular flexibility index (Phi) is 5.40. The average molecular weight is 352 g/mol. The van der Waals surface area contributed by atoms with Crippen molar-refractivity contribution in [1.82, 2.24) is 15.3 Å². The third-order valence-corrected chi connectivity index (χ3v) is 4.71. The number of thiophene rings is 1. The van der Waals surface area contributed by atoms with Crippen LogP contribution >= 0.6 is 11.3 Å². The molecule has 5 nitrogen and oxygen atoms in total. The Labute approximate surface area is 151 Å². The zero-order valence-corrected chi connectivity index (χ0v) is 15.0. The van der Waals surface area contributed by atoms with E-state index in [1.807, 2.05) is 23.6 Å². The molecule has 3 aromatic rings. The molecule has 0 radical (unpaired) electrons. The van der Waals surface area contributed by atoms with Crippen LogP contribution in [-0.2, 0) is 0 Å². The fraction of sp³-hybridized carbons (Fsp3) is 0.211. The molecule has 0 bridgehead atoms. The minimum absolute atomic E-state index is 0.00146. The monoisotopic (exact) mass is 352 g/mol. The number of nitrogens with zero attached hydrogens (tertiary/aromatic N) is 2. The summed E-state index contributed by atoms with van der Waals surface area (Å²) in [6.07, 6.45) is 3.33. The molecule has 1 unspecified atom stereocenters. The van der Waals surface area contributed by atoms with Crippen molar-refractivity contribution in [1.29, 1.82) is 0 Å². The first-order chi connectivity index (χ1) is 12.1. The largest absolute Gasteiger partial charge is 0.344 e. The van der Waals surface area contributed by atoms with E-state index in [1.54, 1.807) is 41.9 Å². The number of aromatic nitrogens is 2. The maximum Gasteiger partial charge on any atom is 0.251 e. The lowest BCUT2D eigenvalue weighted by Gasteiger charge is -2.21. The first-order valence-corrected chi connectivity index (χ1v) is 9.00. The topological polar surface area (TPSA) is 66.9 Å². The zero-order chi connectivity index (χ0) is 17.6. The van der Waals surface area contributed by atoms with Gasteiger partial charge in [-0.15, -0.1) is 11.3 Å².